The molecule has 2 aromatic carbocycles. The van der Waals surface area contributed by atoms with Crippen molar-refractivity contribution < 1.29 is 14.1 Å². The summed E-state index contributed by atoms with van der Waals surface area (Å²) in [4.78, 5) is 23.6. The number of amides is 1. The summed E-state index contributed by atoms with van der Waals surface area (Å²) in [5.41, 5.74) is 1.41. The molecule has 6 nitrogen and oxygen atoms in total. The third kappa shape index (κ3) is 3.82. The van der Waals surface area contributed by atoms with Crippen molar-refractivity contribution in [1.29, 1.82) is 0 Å². The summed E-state index contributed by atoms with van der Waals surface area (Å²) in [5.74, 6) is -0.724. The summed E-state index contributed by atoms with van der Waals surface area (Å²) in [6.45, 7) is 0.346. The molecule has 0 aliphatic heterocycles. The summed E-state index contributed by atoms with van der Waals surface area (Å²) < 4.78 is 13.4. The van der Waals surface area contributed by atoms with Crippen molar-refractivity contribution in [2.75, 3.05) is 19.0 Å². The molecule has 0 saturated heterocycles. The highest BCUT2D eigenvalue weighted by Crippen LogP contribution is 2.29. The molecule has 0 unspecified atom stereocenters. The van der Waals surface area contributed by atoms with E-state index in [1.807, 2.05) is 0 Å². The van der Waals surface area contributed by atoms with Crippen LogP contribution in [0.3, 0.4) is 0 Å². The van der Waals surface area contributed by atoms with E-state index in [-0.39, 0.29) is 17.3 Å². The maximum absolute atomic E-state index is 13.4. The normalized spacial score (nSPS) is 10.2. The number of rotatable bonds is 5. The van der Waals surface area contributed by atoms with E-state index >= 15 is 0 Å². The van der Waals surface area contributed by atoms with Crippen LogP contribution in [-0.4, -0.2) is 24.9 Å². The molecule has 0 saturated carbocycles. The molecule has 1 amide bonds. The summed E-state index contributed by atoms with van der Waals surface area (Å²) in [6.07, 6.45) is 0. The van der Waals surface area contributed by atoms with Crippen LogP contribution < -0.4 is 10.2 Å². The second kappa shape index (κ2) is 6.87. The molecule has 2 aromatic rings. The Balaban J connectivity index is 2.22. The molecular formula is C16H16FN3O3. The van der Waals surface area contributed by atoms with Gasteiger partial charge in [-0.15, -0.1) is 0 Å². The zero-order valence-electron chi connectivity index (χ0n) is 12.7. The van der Waals surface area contributed by atoms with E-state index in [0.717, 1.165) is 23.8 Å². The van der Waals surface area contributed by atoms with Gasteiger partial charge in [0.25, 0.3) is 11.6 Å². The average Bonchev–Trinajstić information content (AvgIpc) is 2.54. The topological polar surface area (TPSA) is 75.5 Å². The molecule has 0 radical (unpaired) electrons. The van der Waals surface area contributed by atoms with Gasteiger partial charge in [-0.3, -0.25) is 14.9 Å². The van der Waals surface area contributed by atoms with Gasteiger partial charge in [0, 0.05) is 38.3 Å². The van der Waals surface area contributed by atoms with Crippen molar-refractivity contribution in [2.45, 2.75) is 6.54 Å². The Kier molecular flexibility index (Phi) is 4.90. The number of carbonyl (C=O) groups excluding carboxylic acids is 1. The fourth-order valence-corrected chi connectivity index (χ4v) is 2.22. The molecule has 0 aliphatic rings. The van der Waals surface area contributed by atoms with E-state index in [1.165, 1.54) is 0 Å². The van der Waals surface area contributed by atoms with Crippen LogP contribution in [0.2, 0.25) is 0 Å². The summed E-state index contributed by atoms with van der Waals surface area (Å²) in [5, 5.41) is 13.6. The first kappa shape index (κ1) is 16.4. The van der Waals surface area contributed by atoms with Crippen molar-refractivity contribution in [3.8, 4) is 0 Å². The number of anilines is 1. The van der Waals surface area contributed by atoms with E-state index < -0.39 is 10.7 Å². The summed E-state index contributed by atoms with van der Waals surface area (Å²) in [7, 11) is 3.20. The molecule has 0 heterocycles. The van der Waals surface area contributed by atoms with Gasteiger partial charge in [0.2, 0.25) is 0 Å². The van der Waals surface area contributed by atoms with Crippen LogP contribution in [0, 0.1) is 15.9 Å². The second-order valence-electron chi connectivity index (χ2n) is 5.02. The number of halogens is 1. The van der Waals surface area contributed by atoms with Crippen LogP contribution >= 0.6 is 0 Å². The van der Waals surface area contributed by atoms with Crippen LogP contribution in [0.25, 0.3) is 0 Å². The smallest absolute Gasteiger partial charge is 0.292 e. The lowest BCUT2D eigenvalue weighted by Gasteiger charge is -2.19. The molecule has 120 valence electrons. The quantitative estimate of drug-likeness (QED) is 0.679. The monoisotopic (exact) mass is 317 g/mol. The second-order valence-corrected chi connectivity index (χ2v) is 5.02. The van der Waals surface area contributed by atoms with E-state index in [2.05, 4.69) is 5.32 Å². The number of nitrogens with one attached hydrogen (secondary N) is 1. The number of carbonyl (C=O) groups is 1. The third-order valence-corrected chi connectivity index (χ3v) is 3.41. The maximum atomic E-state index is 13.4. The SMILES string of the molecule is CNC(=O)c1ccc(CN(C)c2cc(F)ccc2[N+](=O)[O-])cc1. The number of nitro benzene ring substituents is 1. The number of benzene rings is 2. The van der Waals surface area contributed by atoms with Crippen molar-refractivity contribution in [1.82, 2.24) is 5.32 Å². The predicted molar refractivity (Wildman–Crippen MR) is 85.0 cm³/mol. The van der Waals surface area contributed by atoms with E-state index in [9.17, 15) is 19.3 Å². The van der Waals surface area contributed by atoms with Crippen molar-refractivity contribution >= 4 is 17.3 Å². The molecule has 0 aromatic heterocycles. The Morgan fingerprint density at radius 1 is 1.26 bits per heavy atom. The van der Waals surface area contributed by atoms with E-state index in [1.54, 1.807) is 43.3 Å². The molecular weight excluding hydrogens is 301 g/mol. The number of nitro groups is 1. The van der Waals surface area contributed by atoms with Crippen LogP contribution in [0.5, 0.6) is 0 Å². The first-order valence-electron chi connectivity index (χ1n) is 6.88. The molecule has 7 heteroatoms. The van der Waals surface area contributed by atoms with Crippen molar-refractivity contribution in [3.63, 3.8) is 0 Å². The number of nitrogens with zero attached hydrogens (tertiary/aromatic N) is 2. The number of hydrogen-bond acceptors (Lipinski definition) is 4. The van der Waals surface area contributed by atoms with Crippen LogP contribution in [-0.2, 0) is 6.54 Å². The molecule has 2 rings (SSSR count). The van der Waals surface area contributed by atoms with Gasteiger partial charge in [0.05, 0.1) is 4.92 Å². The molecule has 23 heavy (non-hydrogen) atoms. The van der Waals surface area contributed by atoms with Gasteiger partial charge in [-0.2, -0.15) is 0 Å². The van der Waals surface area contributed by atoms with Gasteiger partial charge in [0.15, 0.2) is 0 Å². The number of hydrogen-bond donors (Lipinski definition) is 1. The Hall–Kier alpha value is -2.96. The van der Waals surface area contributed by atoms with Gasteiger partial charge in [-0.1, -0.05) is 12.1 Å². The van der Waals surface area contributed by atoms with Crippen LogP contribution in [0.1, 0.15) is 15.9 Å². The van der Waals surface area contributed by atoms with Gasteiger partial charge in [-0.05, 0) is 23.8 Å². The third-order valence-electron chi connectivity index (χ3n) is 3.41. The van der Waals surface area contributed by atoms with E-state index in [0.29, 0.717) is 12.1 Å². The first-order chi connectivity index (χ1) is 10.9. The first-order valence-corrected chi connectivity index (χ1v) is 6.88. The minimum Gasteiger partial charge on any atom is -0.365 e. The Morgan fingerprint density at radius 3 is 2.48 bits per heavy atom. The highest BCUT2D eigenvalue weighted by atomic mass is 19.1. The predicted octanol–water partition coefficient (Wildman–Crippen LogP) is 2.73. The lowest BCUT2D eigenvalue weighted by Crippen LogP contribution is -2.19. The molecule has 1 N–H and O–H groups in total. The summed E-state index contributed by atoms with van der Waals surface area (Å²) in [6, 6.07) is 10.2. The molecule has 0 fully saturated rings. The van der Waals surface area contributed by atoms with E-state index in [4.69, 9.17) is 0 Å². The molecule has 0 aliphatic carbocycles. The highest BCUT2D eigenvalue weighted by molar-refractivity contribution is 5.93. The lowest BCUT2D eigenvalue weighted by molar-refractivity contribution is -0.384. The van der Waals surface area contributed by atoms with Gasteiger partial charge < -0.3 is 10.2 Å². The largest absolute Gasteiger partial charge is 0.365 e. The fourth-order valence-electron chi connectivity index (χ4n) is 2.22. The minimum absolute atomic E-state index is 0.157. The maximum Gasteiger partial charge on any atom is 0.292 e. The van der Waals surface area contributed by atoms with Crippen LogP contribution in [0.4, 0.5) is 15.8 Å². The van der Waals surface area contributed by atoms with Crippen molar-refractivity contribution in [3.05, 3.63) is 69.5 Å². The zero-order chi connectivity index (χ0) is 17.0. The Labute approximate surface area is 132 Å². The van der Waals surface area contributed by atoms with Gasteiger partial charge in [-0.25, -0.2) is 4.39 Å². The Bertz CT molecular complexity index is 732. The van der Waals surface area contributed by atoms with Crippen molar-refractivity contribution in [2.24, 2.45) is 0 Å². The summed E-state index contributed by atoms with van der Waals surface area (Å²) >= 11 is 0. The van der Waals surface area contributed by atoms with Gasteiger partial charge >= 0.3 is 0 Å². The molecule has 0 atom stereocenters. The van der Waals surface area contributed by atoms with Gasteiger partial charge in [0.1, 0.15) is 11.5 Å². The lowest BCUT2D eigenvalue weighted by atomic mass is 10.1. The molecule has 0 bridgehead atoms. The minimum atomic E-state index is -0.542. The fraction of sp³-hybridized carbons (Fsp3) is 0.188. The standard InChI is InChI=1S/C16H16FN3O3/c1-18-16(21)12-5-3-11(4-6-12)10-19(2)15-9-13(17)7-8-14(15)20(22)23/h3-9H,10H2,1-2H3,(H,18,21). The zero-order valence-corrected chi connectivity index (χ0v) is 12.7. The highest BCUT2D eigenvalue weighted by Gasteiger charge is 2.18. The average molecular weight is 317 g/mol. The van der Waals surface area contributed by atoms with Crippen LogP contribution in [0.15, 0.2) is 42.5 Å². The molecule has 0 spiro atoms. The Morgan fingerprint density at radius 2 is 1.91 bits per heavy atom.